The first-order chi connectivity index (χ1) is 11.0. The number of aliphatic hydroxyl groups excluding tert-OH is 1. The molecule has 5 nitrogen and oxygen atoms in total. The molecule has 8 heteroatoms. The number of β-amino-alcohol motifs (C(OH)–C–C–N with tert-alkyl or cyclic N) is 1. The van der Waals surface area contributed by atoms with E-state index in [-0.39, 0.29) is 23.6 Å². The number of rotatable bonds is 3. The lowest BCUT2D eigenvalue weighted by molar-refractivity contribution is 0.194. The average Bonchev–Trinajstić information content (AvgIpc) is 2.92. The molecule has 23 heavy (non-hydrogen) atoms. The summed E-state index contributed by atoms with van der Waals surface area (Å²) in [5.41, 5.74) is 0.536. The Labute approximate surface area is 136 Å². The molecule has 0 radical (unpaired) electrons. The summed E-state index contributed by atoms with van der Waals surface area (Å²) >= 11 is 6.15. The SMILES string of the molecule is COc1ncc(Cl)c(N2C[C@@H](O)C[C@@H]2c2ccc(F)c(F)c2)n1. The van der Waals surface area contributed by atoms with E-state index >= 15 is 0 Å². The molecular formula is C15H14ClF2N3O2. The molecule has 0 unspecified atom stereocenters. The molecule has 1 N–H and O–H groups in total. The van der Waals surface area contributed by atoms with Gasteiger partial charge in [-0.25, -0.2) is 13.8 Å². The van der Waals surface area contributed by atoms with Gasteiger partial charge in [-0.15, -0.1) is 0 Å². The fourth-order valence-electron chi connectivity index (χ4n) is 2.73. The molecule has 122 valence electrons. The Morgan fingerprint density at radius 1 is 1.35 bits per heavy atom. The van der Waals surface area contributed by atoms with Crippen molar-refractivity contribution in [3.63, 3.8) is 0 Å². The molecule has 1 aromatic heterocycles. The lowest BCUT2D eigenvalue weighted by Crippen LogP contribution is -2.26. The normalized spacial score (nSPS) is 20.8. The standard InChI is InChI=1S/C15H14ClF2N3O2/c1-23-15-19-6-10(16)14(20-15)21-7-9(22)5-13(21)8-2-3-11(17)12(18)4-8/h2-4,6,9,13,22H,5,7H2,1H3/t9-,13+/m0/s1. The van der Waals surface area contributed by atoms with Crippen molar-refractivity contribution < 1.29 is 18.6 Å². The monoisotopic (exact) mass is 341 g/mol. The molecule has 0 bridgehead atoms. The number of aromatic nitrogens is 2. The fourth-order valence-corrected chi connectivity index (χ4v) is 2.93. The molecule has 1 aliphatic rings. The van der Waals surface area contributed by atoms with E-state index in [4.69, 9.17) is 16.3 Å². The van der Waals surface area contributed by atoms with Gasteiger partial charge in [-0.2, -0.15) is 4.98 Å². The fraction of sp³-hybridized carbons (Fsp3) is 0.333. The van der Waals surface area contributed by atoms with Crippen LogP contribution in [0, 0.1) is 11.6 Å². The van der Waals surface area contributed by atoms with Gasteiger partial charge in [0.25, 0.3) is 0 Å². The van der Waals surface area contributed by atoms with E-state index in [2.05, 4.69) is 9.97 Å². The van der Waals surface area contributed by atoms with Gasteiger partial charge in [-0.05, 0) is 24.1 Å². The summed E-state index contributed by atoms with van der Waals surface area (Å²) in [7, 11) is 1.43. The molecule has 2 aromatic rings. The van der Waals surface area contributed by atoms with Gasteiger partial charge < -0.3 is 14.7 Å². The van der Waals surface area contributed by atoms with Crippen LogP contribution in [0.15, 0.2) is 24.4 Å². The van der Waals surface area contributed by atoms with E-state index < -0.39 is 17.7 Å². The van der Waals surface area contributed by atoms with E-state index in [0.717, 1.165) is 12.1 Å². The van der Waals surface area contributed by atoms with E-state index in [1.807, 2.05) is 0 Å². The molecule has 1 fully saturated rings. The van der Waals surface area contributed by atoms with Crippen molar-refractivity contribution in [3.8, 4) is 6.01 Å². The van der Waals surface area contributed by atoms with Crippen LogP contribution >= 0.6 is 11.6 Å². The third-order valence-corrected chi connectivity index (χ3v) is 4.03. The smallest absolute Gasteiger partial charge is 0.318 e. The van der Waals surface area contributed by atoms with Crippen molar-refractivity contribution >= 4 is 17.4 Å². The second-order valence-corrected chi connectivity index (χ2v) is 5.67. The van der Waals surface area contributed by atoms with E-state index in [9.17, 15) is 13.9 Å². The summed E-state index contributed by atoms with van der Waals surface area (Å²) in [5, 5.41) is 10.3. The van der Waals surface area contributed by atoms with E-state index in [0.29, 0.717) is 17.8 Å². The van der Waals surface area contributed by atoms with Gasteiger partial charge in [0.2, 0.25) is 0 Å². The summed E-state index contributed by atoms with van der Waals surface area (Å²) in [6.07, 6.45) is 1.12. The van der Waals surface area contributed by atoms with Crippen LogP contribution in [-0.4, -0.2) is 34.8 Å². The van der Waals surface area contributed by atoms with E-state index in [1.54, 1.807) is 4.90 Å². The Morgan fingerprint density at radius 3 is 2.83 bits per heavy atom. The van der Waals surface area contributed by atoms with Gasteiger partial charge in [-0.3, -0.25) is 0 Å². The summed E-state index contributed by atoms with van der Waals surface area (Å²) in [4.78, 5) is 9.85. The number of methoxy groups -OCH3 is 1. The van der Waals surface area contributed by atoms with Crippen molar-refractivity contribution in [1.82, 2.24) is 9.97 Å². The topological polar surface area (TPSA) is 58.5 Å². The molecule has 3 rings (SSSR count). The number of aliphatic hydroxyl groups is 1. The Hall–Kier alpha value is -1.99. The predicted molar refractivity (Wildman–Crippen MR) is 80.7 cm³/mol. The average molecular weight is 342 g/mol. The highest BCUT2D eigenvalue weighted by Crippen LogP contribution is 2.39. The zero-order valence-electron chi connectivity index (χ0n) is 12.2. The van der Waals surface area contributed by atoms with Crippen LogP contribution in [0.25, 0.3) is 0 Å². The third kappa shape index (κ3) is 3.07. The third-order valence-electron chi connectivity index (χ3n) is 3.77. The lowest BCUT2D eigenvalue weighted by atomic mass is 10.0. The molecule has 1 aromatic carbocycles. The number of benzene rings is 1. The van der Waals surface area contributed by atoms with Crippen LogP contribution in [-0.2, 0) is 0 Å². The number of halogens is 3. The second-order valence-electron chi connectivity index (χ2n) is 5.26. The van der Waals surface area contributed by atoms with Gasteiger partial charge in [-0.1, -0.05) is 17.7 Å². The largest absolute Gasteiger partial charge is 0.467 e. The maximum atomic E-state index is 13.5. The van der Waals surface area contributed by atoms with Crippen LogP contribution in [0.2, 0.25) is 5.02 Å². The van der Waals surface area contributed by atoms with E-state index in [1.165, 1.54) is 19.4 Å². The Balaban J connectivity index is 2.01. The van der Waals surface area contributed by atoms with Crippen LogP contribution in [0.3, 0.4) is 0 Å². The number of hydrogen-bond donors (Lipinski definition) is 1. The highest BCUT2D eigenvalue weighted by Gasteiger charge is 2.34. The maximum Gasteiger partial charge on any atom is 0.318 e. The first kappa shape index (κ1) is 15.9. The molecule has 1 saturated heterocycles. The molecule has 0 saturated carbocycles. The highest BCUT2D eigenvalue weighted by atomic mass is 35.5. The zero-order valence-corrected chi connectivity index (χ0v) is 13.0. The first-order valence-electron chi connectivity index (χ1n) is 6.95. The summed E-state index contributed by atoms with van der Waals surface area (Å²) in [6.45, 7) is 0.267. The second kappa shape index (κ2) is 6.25. The molecule has 0 aliphatic carbocycles. The van der Waals surface area contributed by atoms with Gasteiger partial charge in [0.15, 0.2) is 17.5 Å². The molecule has 2 atom stereocenters. The summed E-state index contributed by atoms with van der Waals surface area (Å²) < 4.78 is 31.7. The predicted octanol–water partition coefficient (Wildman–Crippen LogP) is 2.73. The molecule has 0 spiro atoms. The molecule has 0 amide bonds. The lowest BCUT2D eigenvalue weighted by Gasteiger charge is -2.26. The van der Waals surface area contributed by atoms with Crippen molar-refractivity contribution in [2.45, 2.75) is 18.6 Å². The van der Waals surface area contributed by atoms with Gasteiger partial charge in [0, 0.05) is 6.54 Å². The van der Waals surface area contributed by atoms with Crippen molar-refractivity contribution in [2.75, 3.05) is 18.6 Å². The van der Waals surface area contributed by atoms with Crippen LogP contribution in [0.1, 0.15) is 18.0 Å². The minimum atomic E-state index is -0.935. The quantitative estimate of drug-likeness (QED) is 0.930. The van der Waals surface area contributed by atoms with Crippen LogP contribution < -0.4 is 9.64 Å². The summed E-state index contributed by atoms with van der Waals surface area (Å²) in [5.74, 6) is -1.47. The van der Waals surface area contributed by atoms with Crippen molar-refractivity contribution in [2.24, 2.45) is 0 Å². The van der Waals surface area contributed by atoms with Crippen LogP contribution in [0.5, 0.6) is 6.01 Å². The number of ether oxygens (including phenoxy) is 1. The maximum absolute atomic E-state index is 13.5. The Bertz CT molecular complexity index is 732. The van der Waals surface area contributed by atoms with Crippen LogP contribution in [0.4, 0.5) is 14.6 Å². The minimum Gasteiger partial charge on any atom is -0.467 e. The van der Waals surface area contributed by atoms with Crippen molar-refractivity contribution in [1.29, 1.82) is 0 Å². The van der Waals surface area contributed by atoms with Gasteiger partial charge in [0.05, 0.1) is 25.5 Å². The Kier molecular flexibility index (Phi) is 4.32. The summed E-state index contributed by atoms with van der Waals surface area (Å²) in [6, 6.07) is 3.43. The van der Waals surface area contributed by atoms with Gasteiger partial charge in [0.1, 0.15) is 5.02 Å². The molecule has 1 aliphatic heterocycles. The minimum absolute atomic E-state index is 0.134. The highest BCUT2D eigenvalue weighted by molar-refractivity contribution is 6.32. The number of nitrogens with zero attached hydrogens (tertiary/aromatic N) is 3. The number of hydrogen-bond acceptors (Lipinski definition) is 5. The molecular weight excluding hydrogens is 328 g/mol. The zero-order chi connectivity index (χ0) is 16.6. The number of anilines is 1. The van der Waals surface area contributed by atoms with Gasteiger partial charge >= 0.3 is 6.01 Å². The van der Waals surface area contributed by atoms with Crippen molar-refractivity contribution in [3.05, 3.63) is 46.6 Å². The first-order valence-corrected chi connectivity index (χ1v) is 7.33. The molecule has 2 heterocycles. The Morgan fingerprint density at radius 2 is 2.13 bits per heavy atom.